The molecule has 0 radical (unpaired) electrons. The molecule has 0 spiro atoms. The van der Waals surface area contributed by atoms with Gasteiger partial charge in [0, 0.05) is 10.1 Å². The number of carbonyl (C=O) groups is 1. The van der Waals surface area contributed by atoms with Crippen LogP contribution in [0.15, 0.2) is 12.1 Å². The number of rotatable bonds is 8. The molecule has 1 saturated carbocycles. The molecule has 3 aromatic rings. The first-order valence-corrected chi connectivity index (χ1v) is 11.3. The van der Waals surface area contributed by atoms with E-state index in [1.165, 1.54) is 49.9 Å². The fraction of sp³-hybridized carbons (Fsp3) is 0.524. The predicted octanol–water partition coefficient (Wildman–Crippen LogP) is 4.72. The molecule has 9 heteroatoms. The number of ether oxygens (including phenoxy) is 2. The zero-order valence-electron chi connectivity index (χ0n) is 17.4. The highest BCUT2D eigenvalue weighted by Gasteiger charge is 2.23. The third kappa shape index (κ3) is 4.56. The Balaban J connectivity index is 1.54. The number of H-pyrrole nitrogens is 1. The van der Waals surface area contributed by atoms with Gasteiger partial charge in [-0.25, -0.2) is 0 Å². The molecule has 2 aromatic heterocycles. The minimum absolute atomic E-state index is 0.134. The zero-order valence-corrected chi connectivity index (χ0v) is 18.2. The van der Waals surface area contributed by atoms with Crippen molar-refractivity contribution >= 4 is 33.3 Å². The van der Waals surface area contributed by atoms with Crippen molar-refractivity contribution < 1.29 is 14.3 Å². The second-order valence-corrected chi connectivity index (χ2v) is 8.81. The number of amides is 1. The van der Waals surface area contributed by atoms with Gasteiger partial charge in [-0.05, 0) is 48.6 Å². The Morgan fingerprint density at radius 3 is 2.87 bits per heavy atom. The summed E-state index contributed by atoms with van der Waals surface area (Å²) < 4.78 is 12.7. The summed E-state index contributed by atoms with van der Waals surface area (Å²) in [6, 6.07) is 3.97. The smallest absolute Gasteiger partial charge is 0.272 e. The van der Waals surface area contributed by atoms with Crippen LogP contribution in [0.5, 0.6) is 11.5 Å². The lowest BCUT2D eigenvalue weighted by Crippen LogP contribution is -2.13. The highest BCUT2D eigenvalue weighted by atomic mass is 32.1. The third-order valence-corrected chi connectivity index (χ3v) is 6.80. The normalized spacial score (nSPS) is 14.7. The molecule has 1 aliphatic rings. The van der Waals surface area contributed by atoms with Gasteiger partial charge in [0.25, 0.3) is 11.9 Å². The summed E-state index contributed by atoms with van der Waals surface area (Å²) in [5.41, 5.74) is 1.01. The molecule has 0 saturated heterocycles. The van der Waals surface area contributed by atoms with Crippen molar-refractivity contribution in [1.82, 2.24) is 20.6 Å². The van der Waals surface area contributed by atoms with Gasteiger partial charge < -0.3 is 9.47 Å². The minimum Gasteiger partial charge on any atom is -0.496 e. The molecule has 0 bridgehead atoms. The standard InChI is InChI=1S/C21H27N5O3S/c1-13-11-17-15(12-16(13)28-2)18(29-10-6-9-14-7-4-3-5-8-14)19(30-17)20(27)22-21-23-25-26-24-21/h11-12,14H,3-10H2,1-2H3,(H2,22,23,24,25,26,27). The van der Waals surface area contributed by atoms with Crippen molar-refractivity contribution in [2.24, 2.45) is 5.92 Å². The summed E-state index contributed by atoms with van der Waals surface area (Å²) in [5, 5.41) is 17.0. The molecule has 0 unspecified atom stereocenters. The summed E-state index contributed by atoms with van der Waals surface area (Å²) in [6.45, 7) is 2.57. The Labute approximate surface area is 179 Å². The van der Waals surface area contributed by atoms with Crippen LogP contribution in [0.3, 0.4) is 0 Å². The number of methoxy groups -OCH3 is 1. The Hall–Kier alpha value is -2.68. The molecule has 4 rings (SSSR count). The summed E-state index contributed by atoms with van der Waals surface area (Å²) in [7, 11) is 1.65. The number of benzene rings is 1. The molecule has 0 aliphatic heterocycles. The van der Waals surface area contributed by atoms with E-state index in [4.69, 9.17) is 9.47 Å². The first-order chi connectivity index (χ1) is 14.7. The summed E-state index contributed by atoms with van der Waals surface area (Å²) in [4.78, 5) is 13.4. The van der Waals surface area contributed by atoms with Gasteiger partial charge in [0.2, 0.25) is 0 Å². The second-order valence-electron chi connectivity index (χ2n) is 7.76. The number of tetrazole rings is 1. The number of aryl methyl sites for hydroxylation is 1. The van der Waals surface area contributed by atoms with Gasteiger partial charge in [0.1, 0.15) is 10.6 Å². The third-order valence-electron chi connectivity index (χ3n) is 5.66. The van der Waals surface area contributed by atoms with E-state index in [0.29, 0.717) is 17.2 Å². The molecular weight excluding hydrogens is 402 g/mol. The van der Waals surface area contributed by atoms with E-state index in [0.717, 1.165) is 33.7 Å². The van der Waals surface area contributed by atoms with E-state index < -0.39 is 0 Å². The Bertz CT molecular complexity index is 996. The molecule has 1 aliphatic carbocycles. The van der Waals surface area contributed by atoms with Crippen molar-refractivity contribution in [3.05, 3.63) is 22.6 Å². The lowest BCUT2D eigenvalue weighted by Gasteiger charge is -2.21. The van der Waals surface area contributed by atoms with Crippen molar-refractivity contribution in [1.29, 1.82) is 0 Å². The summed E-state index contributed by atoms with van der Waals surface area (Å²) >= 11 is 1.39. The maximum absolute atomic E-state index is 12.9. The molecular formula is C21H27N5O3S. The first-order valence-electron chi connectivity index (χ1n) is 10.4. The number of carbonyl (C=O) groups excluding carboxylic acids is 1. The van der Waals surface area contributed by atoms with E-state index in [1.54, 1.807) is 7.11 Å². The van der Waals surface area contributed by atoms with Crippen LogP contribution in [0, 0.1) is 12.8 Å². The first kappa shape index (κ1) is 20.6. The fourth-order valence-corrected chi connectivity index (χ4v) is 5.23. The average molecular weight is 430 g/mol. The molecule has 160 valence electrons. The number of aromatic nitrogens is 4. The topological polar surface area (TPSA) is 102 Å². The van der Waals surface area contributed by atoms with E-state index in [-0.39, 0.29) is 11.9 Å². The lowest BCUT2D eigenvalue weighted by atomic mass is 9.86. The Kier molecular flexibility index (Phi) is 6.47. The maximum Gasteiger partial charge on any atom is 0.272 e. The average Bonchev–Trinajstić information content (AvgIpc) is 3.39. The number of fused-ring (bicyclic) bond motifs is 1. The number of aromatic amines is 1. The SMILES string of the molecule is COc1cc2c(OCCCC3CCCCC3)c(C(=O)Nc3nn[nH]n3)sc2cc1C. The molecule has 1 amide bonds. The van der Waals surface area contributed by atoms with Gasteiger partial charge >= 0.3 is 0 Å². The summed E-state index contributed by atoms with van der Waals surface area (Å²) in [5.74, 6) is 2.01. The highest BCUT2D eigenvalue weighted by Crippen LogP contribution is 2.41. The van der Waals surface area contributed by atoms with Gasteiger partial charge in [0.05, 0.1) is 13.7 Å². The fourth-order valence-electron chi connectivity index (χ4n) is 4.11. The Morgan fingerprint density at radius 2 is 2.13 bits per heavy atom. The molecule has 1 aromatic carbocycles. The monoisotopic (exact) mass is 429 g/mol. The zero-order chi connectivity index (χ0) is 20.9. The van der Waals surface area contributed by atoms with Crippen LogP contribution >= 0.6 is 11.3 Å². The molecule has 8 nitrogen and oxygen atoms in total. The number of nitrogens with zero attached hydrogens (tertiary/aromatic N) is 3. The Morgan fingerprint density at radius 1 is 1.30 bits per heavy atom. The molecule has 30 heavy (non-hydrogen) atoms. The number of hydrogen-bond donors (Lipinski definition) is 2. The van der Waals surface area contributed by atoms with Crippen LogP contribution < -0.4 is 14.8 Å². The second kappa shape index (κ2) is 9.42. The van der Waals surface area contributed by atoms with Crippen LogP contribution in [0.2, 0.25) is 0 Å². The molecule has 2 heterocycles. The van der Waals surface area contributed by atoms with E-state index >= 15 is 0 Å². The number of thiophene rings is 1. The van der Waals surface area contributed by atoms with Crippen LogP contribution in [0.25, 0.3) is 10.1 Å². The number of nitrogens with one attached hydrogen (secondary N) is 2. The summed E-state index contributed by atoms with van der Waals surface area (Å²) in [6.07, 6.45) is 8.88. The highest BCUT2D eigenvalue weighted by molar-refractivity contribution is 7.21. The van der Waals surface area contributed by atoms with E-state index in [9.17, 15) is 4.79 Å². The minimum atomic E-state index is -0.309. The van der Waals surface area contributed by atoms with Gasteiger partial charge in [-0.2, -0.15) is 5.21 Å². The predicted molar refractivity (Wildman–Crippen MR) is 117 cm³/mol. The van der Waals surface area contributed by atoms with E-state index in [2.05, 4.69) is 25.9 Å². The van der Waals surface area contributed by atoms with Gasteiger partial charge in [-0.3, -0.25) is 10.1 Å². The van der Waals surface area contributed by atoms with E-state index in [1.807, 2.05) is 19.1 Å². The quantitative estimate of drug-likeness (QED) is 0.502. The van der Waals surface area contributed by atoms with Crippen LogP contribution in [0.4, 0.5) is 5.95 Å². The largest absolute Gasteiger partial charge is 0.496 e. The van der Waals surface area contributed by atoms with Crippen molar-refractivity contribution in [2.45, 2.75) is 51.9 Å². The van der Waals surface area contributed by atoms with Gasteiger partial charge in [0.15, 0.2) is 5.75 Å². The lowest BCUT2D eigenvalue weighted by molar-refractivity contribution is 0.102. The molecule has 1 fully saturated rings. The maximum atomic E-state index is 12.9. The van der Waals surface area contributed by atoms with Crippen molar-refractivity contribution in [2.75, 3.05) is 19.0 Å². The van der Waals surface area contributed by atoms with Crippen LogP contribution in [0.1, 0.15) is 60.2 Å². The van der Waals surface area contributed by atoms with Crippen LogP contribution in [-0.4, -0.2) is 40.2 Å². The van der Waals surface area contributed by atoms with Gasteiger partial charge in [-0.15, -0.1) is 16.4 Å². The number of hydrogen-bond acceptors (Lipinski definition) is 7. The number of anilines is 1. The van der Waals surface area contributed by atoms with Gasteiger partial charge in [-0.1, -0.05) is 37.2 Å². The van der Waals surface area contributed by atoms with Crippen molar-refractivity contribution in [3.63, 3.8) is 0 Å². The van der Waals surface area contributed by atoms with Crippen molar-refractivity contribution in [3.8, 4) is 11.5 Å². The van der Waals surface area contributed by atoms with Crippen LogP contribution in [-0.2, 0) is 0 Å². The molecule has 2 N–H and O–H groups in total. The molecule has 0 atom stereocenters.